The minimum absolute atomic E-state index is 0.00923. The lowest BCUT2D eigenvalue weighted by atomic mass is 10.2. The van der Waals surface area contributed by atoms with Crippen molar-refractivity contribution in [1.82, 2.24) is 14.9 Å². The zero-order chi connectivity index (χ0) is 20.9. The number of benzene rings is 1. The highest BCUT2D eigenvalue weighted by Gasteiger charge is 2.28. The molecule has 3 rings (SSSR count). The Balaban J connectivity index is 1.53. The maximum Gasteiger partial charge on any atom is 0.251 e. The molecule has 8 nitrogen and oxygen atoms in total. The fraction of sp³-hybridized carbons (Fsp3) is 0.316. The van der Waals surface area contributed by atoms with Crippen LogP contribution in [0.5, 0.6) is 0 Å². The van der Waals surface area contributed by atoms with Crippen LogP contribution in [0.1, 0.15) is 34.5 Å². The summed E-state index contributed by atoms with van der Waals surface area (Å²) in [6.07, 6.45) is 0.920. The van der Waals surface area contributed by atoms with Crippen LogP contribution in [0.15, 0.2) is 46.7 Å². The van der Waals surface area contributed by atoms with Crippen LogP contribution in [0.3, 0.4) is 0 Å². The number of nitrogens with one attached hydrogen (secondary N) is 2. The first-order valence-electron chi connectivity index (χ1n) is 9.10. The number of amides is 3. The number of imide groups is 1. The largest absolute Gasteiger partial charge is 0.352 e. The topological polar surface area (TPSA) is 113 Å². The van der Waals surface area contributed by atoms with Gasteiger partial charge in [0.15, 0.2) is 0 Å². The van der Waals surface area contributed by atoms with E-state index in [4.69, 9.17) is 0 Å². The van der Waals surface area contributed by atoms with Gasteiger partial charge in [-0.05, 0) is 36.1 Å². The Morgan fingerprint density at radius 1 is 1.10 bits per heavy atom. The molecular formula is C19H21N3O5S2. The summed E-state index contributed by atoms with van der Waals surface area (Å²) in [5.41, 5.74) is 0.220. The smallest absolute Gasteiger partial charge is 0.251 e. The molecule has 0 atom stereocenters. The zero-order valence-electron chi connectivity index (χ0n) is 15.6. The van der Waals surface area contributed by atoms with Gasteiger partial charge in [-0.25, -0.2) is 13.1 Å². The second-order valence-electron chi connectivity index (χ2n) is 6.48. The summed E-state index contributed by atoms with van der Waals surface area (Å²) in [6, 6.07) is 9.46. The van der Waals surface area contributed by atoms with Crippen LogP contribution in [-0.2, 0) is 26.2 Å². The van der Waals surface area contributed by atoms with E-state index in [1.54, 1.807) is 0 Å². The number of hydrogen-bond acceptors (Lipinski definition) is 6. The molecule has 1 aliphatic rings. The molecule has 0 radical (unpaired) electrons. The van der Waals surface area contributed by atoms with E-state index in [9.17, 15) is 22.8 Å². The van der Waals surface area contributed by atoms with Crippen molar-refractivity contribution in [2.45, 2.75) is 30.7 Å². The van der Waals surface area contributed by atoms with Gasteiger partial charge in [0.1, 0.15) is 0 Å². The summed E-state index contributed by atoms with van der Waals surface area (Å²) in [5, 5.41) is 4.55. The normalized spacial score (nSPS) is 14.4. The van der Waals surface area contributed by atoms with Gasteiger partial charge in [0, 0.05) is 42.9 Å². The average Bonchev–Trinajstić information content (AvgIpc) is 3.34. The highest BCUT2D eigenvalue weighted by molar-refractivity contribution is 7.89. The molecule has 29 heavy (non-hydrogen) atoms. The van der Waals surface area contributed by atoms with Crippen LogP contribution in [0, 0.1) is 0 Å². The number of likely N-dealkylation sites (tertiary alicyclic amines) is 1. The summed E-state index contributed by atoms with van der Waals surface area (Å²) in [6.45, 7) is 0.715. The number of sulfonamides is 1. The molecule has 1 aromatic heterocycles. The van der Waals surface area contributed by atoms with E-state index in [0.717, 1.165) is 4.88 Å². The molecule has 1 aliphatic heterocycles. The summed E-state index contributed by atoms with van der Waals surface area (Å²) < 4.78 is 27.4. The molecule has 0 saturated carbocycles. The lowest BCUT2D eigenvalue weighted by Gasteiger charge is -2.13. The fourth-order valence-corrected chi connectivity index (χ4v) is 4.67. The van der Waals surface area contributed by atoms with Crippen molar-refractivity contribution in [1.29, 1.82) is 0 Å². The quantitative estimate of drug-likeness (QED) is 0.458. The molecule has 1 aromatic carbocycles. The van der Waals surface area contributed by atoms with Crippen molar-refractivity contribution in [3.8, 4) is 0 Å². The molecule has 1 fully saturated rings. The number of rotatable bonds is 9. The minimum Gasteiger partial charge on any atom is -0.352 e. The van der Waals surface area contributed by atoms with E-state index >= 15 is 0 Å². The Hall–Kier alpha value is -2.56. The van der Waals surface area contributed by atoms with Gasteiger partial charge in [0.05, 0.1) is 4.90 Å². The molecule has 10 heteroatoms. The summed E-state index contributed by atoms with van der Waals surface area (Å²) in [5.74, 6) is -0.789. The predicted octanol–water partition coefficient (Wildman–Crippen LogP) is 1.50. The van der Waals surface area contributed by atoms with Gasteiger partial charge in [-0.3, -0.25) is 19.3 Å². The lowest BCUT2D eigenvalue weighted by molar-refractivity contribution is -0.138. The van der Waals surface area contributed by atoms with Crippen LogP contribution in [-0.4, -0.2) is 44.1 Å². The standard InChI is InChI=1S/C19H21N3O5S2/c23-17-7-8-18(24)22(17)10-3-9-20-19(25)14-4-1-6-16(12-14)29(26,27)21-13-15-5-2-11-28-15/h1-2,4-6,11-12,21H,3,7-10,13H2,(H,20,25). The van der Waals surface area contributed by atoms with E-state index in [1.165, 1.54) is 40.5 Å². The second-order valence-corrected chi connectivity index (χ2v) is 9.28. The van der Waals surface area contributed by atoms with E-state index in [2.05, 4.69) is 10.0 Å². The number of thiophene rings is 1. The molecule has 1 saturated heterocycles. The summed E-state index contributed by atoms with van der Waals surface area (Å²) in [4.78, 5) is 37.5. The molecule has 3 amide bonds. The molecule has 0 bridgehead atoms. The molecule has 0 aliphatic carbocycles. The Labute approximate surface area is 173 Å². The lowest BCUT2D eigenvalue weighted by Crippen LogP contribution is -2.33. The third-order valence-corrected chi connectivity index (χ3v) is 6.70. The van der Waals surface area contributed by atoms with Crippen molar-refractivity contribution in [2.75, 3.05) is 13.1 Å². The van der Waals surface area contributed by atoms with Gasteiger partial charge in [0.25, 0.3) is 5.91 Å². The zero-order valence-corrected chi connectivity index (χ0v) is 17.2. The molecule has 154 valence electrons. The first kappa shape index (κ1) is 21.2. The molecule has 2 heterocycles. The Morgan fingerprint density at radius 3 is 2.55 bits per heavy atom. The van der Waals surface area contributed by atoms with Crippen molar-refractivity contribution in [2.24, 2.45) is 0 Å². The van der Waals surface area contributed by atoms with E-state index in [-0.39, 0.29) is 54.7 Å². The number of carbonyl (C=O) groups is 3. The Bertz CT molecular complexity index is 987. The van der Waals surface area contributed by atoms with E-state index in [0.29, 0.717) is 6.42 Å². The molecule has 2 aromatic rings. The number of carbonyl (C=O) groups excluding carboxylic acids is 3. The van der Waals surface area contributed by atoms with Crippen LogP contribution in [0.4, 0.5) is 0 Å². The highest BCUT2D eigenvalue weighted by Crippen LogP contribution is 2.14. The van der Waals surface area contributed by atoms with Crippen LogP contribution < -0.4 is 10.0 Å². The van der Waals surface area contributed by atoms with Crippen molar-refractivity contribution < 1.29 is 22.8 Å². The van der Waals surface area contributed by atoms with Crippen molar-refractivity contribution >= 4 is 39.1 Å². The molecule has 2 N–H and O–H groups in total. The molecule has 0 unspecified atom stereocenters. The SMILES string of the molecule is O=C(NCCCN1C(=O)CCC1=O)c1cccc(S(=O)(=O)NCc2cccs2)c1. The van der Waals surface area contributed by atoms with Crippen LogP contribution >= 0.6 is 11.3 Å². The molecule has 0 spiro atoms. The number of nitrogens with zero attached hydrogens (tertiary/aromatic N) is 1. The average molecular weight is 436 g/mol. The van der Waals surface area contributed by atoms with Crippen molar-refractivity contribution in [3.63, 3.8) is 0 Å². The number of hydrogen-bond donors (Lipinski definition) is 2. The van der Waals surface area contributed by atoms with Gasteiger partial charge in [-0.2, -0.15) is 0 Å². The third kappa shape index (κ3) is 5.49. The fourth-order valence-electron chi connectivity index (χ4n) is 2.88. The predicted molar refractivity (Wildman–Crippen MR) is 108 cm³/mol. The van der Waals surface area contributed by atoms with Crippen LogP contribution in [0.2, 0.25) is 0 Å². The first-order valence-corrected chi connectivity index (χ1v) is 11.5. The van der Waals surface area contributed by atoms with Gasteiger partial charge < -0.3 is 5.32 Å². The van der Waals surface area contributed by atoms with Crippen LogP contribution in [0.25, 0.3) is 0 Å². The Kier molecular flexibility index (Phi) is 6.78. The summed E-state index contributed by atoms with van der Waals surface area (Å²) in [7, 11) is -3.75. The van der Waals surface area contributed by atoms with Gasteiger partial charge in [-0.15, -0.1) is 11.3 Å². The maximum atomic E-state index is 12.5. The monoisotopic (exact) mass is 435 g/mol. The van der Waals surface area contributed by atoms with E-state index < -0.39 is 15.9 Å². The van der Waals surface area contributed by atoms with E-state index in [1.807, 2.05) is 17.5 Å². The third-order valence-electron chi connectivity index (χ3n) is 4.42. The van der Waals surface area contributed by atoms with Gasteiger partial charge in [0.2, 0.25) is 21.8 Å². The van der Waals surface area contributed by atoms with Crippen molar-refractivity contribution in [3.05, 3.63) is 52.2 Å². The Morgan fingerprint density at radius 2 is 1.86 bits per heavy atom. The minimum atomic E-state index is -3.75. The first-order chi connectivity index (χ1) is 13.9. The summed E-state index contributed by atoms with van der Waals surface area (Å²) >= 11 is 1.45. The second kappa shape index (κ2) is 9.29. The molecular weight excluding hydrogens is 414 g/mol. The van der Waals surface area contributed by atoms with Gasteiger partial charge >= 0.3 is 0 Å². The maximum absolute atomic E-state index is 12.5. The van der Waals surface area contributed by atoms with Gasteiger partial charge in [-0.1, -0.05) is 12.1 Å². The highest BCUT2D eigenvalue weighted by atomic mass is 32.2.